The summed E-state index contributed by atoms with van der Waals surface area (Å²) in [5.74, 6) is -2.55. The molecule has 0 radical (unpaired) electrons. The quantitative estimate of drug-likeness (QED) is 0.633. The van der Waals surface area contributed by atoms with Gasteiger partial charge >= 0.3 is 5.69 Å². The first-order valence-electron chi connectivity index (χ1n) is 6.83. The van der Waals surface area contributed by atoms with E-state index in [0.29, 0.717) is 19.4 Å². The van der Waals surface area contributed by atoms with Gasteiger partial charge in [0.05, 0.1) is 17.5 Å². The van der Waals surface area contributed by atoms with Gasteiger partial charge in [0.1, 0.15) is 6.20 Å². The monoisotopic (exact) mass is 286 g/mol. The van der Waals surface area contributed by atoms with Gasteiger partial charge in [0.2, 0.25) is 5.82 Å². The summed E-state index contributed by atoms with van der Waals surface area (Å²) >= 11 is 0. The number of alkyl halides is 2. The zero-order valence-electron chi connectivity index (χ0n) is 11.0. The molecule has 0 atom stereocenters. The molecule has 0 bridgehead atoms. The second kappa shape index (κ2) is 4.68. The average molecular weight is 286 g/mol. The van der Waals surface area contributed by atoms with Crippen LogP contribution in [0.1, 0.15) is 38.1 Å². The summed E-state index contributed by atoms with van der Waals surface area (Å²) in [5, 5.41) is 15.1. The number of aromatic nitrogens is 2. The molecular weight excluding hydrogens is 270 g/mol. The third-order valence-corrected chi connectivity index (χ3v) is 3.78. The van der Waals surface area contributed by atoms with E-state index in [9.17, 15) is 18.9 Å². The van der Waals surface area contributed by atoms with E-state index < -0.39 is 17.4 Å². The summed E-state index contributed by atoms with van der Waals surface area (Å²) in [6, 6.07) is 0.121. The standard InChI is InChI=1S/C12H16F2N4O2/c13-12(14)5-1-2-6-16(8-12)11-10(18(19)20)7-15-17(11)9-3-4-9/h7,9H,1-6,8H2. The summed E-state index contributed by atoms with van der Waals surface area (Å²) in [7, 11) is 0. The van der Waals surface area contributed by atoms with Gasteiger partial charge in [0, 0.05) is 13.0 Å². The van der Waals surface area contributed by atoms with Gasteiger partial charge in [-0.15, -0.1) is 0 Å². The highest BCUT2D eigenvalue weighted by atomic mass is 19.3. The molecule has 0 N–H and O–H groups in total. The predicted octanol–water partition coefficient (Wildman–Crippen LogP) is 2.75. The molecule has 0 aromatic carbocycles. The Hall–Kier alpha value is -1.73. The molecule has 110 valence electrons. The lowest BCUT2D eigenvalue weighted by atomic mass is 10.2. The van der Waals surface area contributed by atoms with Crippen molar-refractivity contribution in [3.63, 3.8) is 0 Å². The first-order chi connectivity index (χ1) is 9.48. The van der Waals surface area contributed by atoms with E-state index in [1.165, 1.54) is 11.1 Å². The second-order valence-electron chi connectivity index (χ2n) is 5.52. The van der Waals surface area contributed by atoms with Crippen molar-refractivity contribution in [3.05, 3.63) is 16.3 Å². The largest absolute Gasteiger partial charge is 0.345 e. The lowest BCUT2D eigenvalue weighted by molar-refractivity contribution is -0.384. The third kappa shape index (κ3) is 2.46. The van der Waals surface area contributed by atoms with E-state index in [1.807, 2.05) is 0 Å². The third-order valence-electron chi connectivity index (χ3n) is 3.78. The molecule has 0 amide bonds. The number of halogens is 2. The highest BCUT2D eigenvalue weighted by Crippen LogP contribution is 2.42. The van der Waals surface area contributed by atoms with Crippen LogP contribution in [0.3, 0.4) is 0 Å². The number of hydrogen-bond acceptors (Lipinski definition) is 4. The summed E-state index contributed by atoms with van der Waals surface area (Å²) in [6.45, 7) is -0.0545. The molecule has 6 nitrogen and oxygen atoms in total. The zero-order chi connectivity index (χ0) is 14.3. The highest BCUT2D eigenvalue weighted by Gasteiger charge is 2.39. The van der Waals surface area contributed by atoms with Gasteiger partial charge in [0.25, 0.3) is 5.92 Å². The first kappa shape index (κ1) is 13.3. The van der Waals surface area contributed by atoms with Gasteiger partial charge in [-0.2, -0.15) is 5.10 Å². The van der Waals surface area contributed by atoms with Crippen molar-refractivity contribution in [2.24, 2.45) is 0 Å². The van der Waals surface area contributed by atoms with Crippen LogP contribution in [0.2, 0.25) is 0 Å². The van der Waals surface area contributed by atoms with E-state index in [1.54, 1.807) is 4.68 Å². The van der Waals surface area contributed by atoms with Gasteiger partial charge in [0.15, 0.2) is 0 Å². The van der Waals surface area contributed by atoms with Crippen LogP contribution in [-0.4, -0.2) is 33.7 Å². The van der Waals surface area contributed by atoms with Crippen LogP contribution in [0.15, 0.2) is 6.20 Å². The Morgan fingerprint density at radius 3 is 2.80 bits per heavy atom. The van der Waals surface area contributed by atoms with Gasteiger partial charge in [-0.25, -0.2) is 13.5 Å². The van der Waals surface area contributed by atoms with Crippen molar-refractivity contribution in [3.8, 4) is 0 Å². The minimum atomic E-state index is -2.80. The van der Waals surface area contributed by atoms with Crippen LogP contribution in [0, 0.1) is 10.1 Å². The van der Waals surface area contributed by atoms with Crippen LogP contribution in [0.4, 0.5) is 20.3 Å². The molecule has 1 aromatic rings. The summed E-state index contributed by atoms with van der Waals surface area (Å²) in [5.41, 5.74) is -0.172. The Bertz CT molecular complexity index is 528. The molecule has 1 saturated carbocycles. The Kier molecular flexibility index (Phi) is 3.10. The first-order valence-corrected chi connectivity index (χ1v) is 6.83. The number of nitro groups is 1. The molecule has 1 aromatic heterocycles. The summed E-state index contributed by atoms with van der Waals surface area (Å²) < 4.78 is 29.0. The minimum Gasteiger partial charge on any atom is -0.345 e. The fraction of sp³-hybridized carbons (Fsp3) is 0.750. The van der Waals surface area contributed by atoms with Crippen molar-refractivity contribution in [2.45, 2.75) is 44.1 Å². The lowest BCUT2D eigenvalue weighted by Crippen LogP contribution is -2.36. The van der Waals surface area contributed by atoms with Crippen molar-refractivity contribution < 1.29 is 13.7 Å². The van der Waals surface area contributed by atoms with Crippen LogP contribution < -0.4 is 4.90 Å². The topological polar surface area (TPSA) is 64.2 Å². The van der Waals surface area contributed by atoms with Crippen molar-refractivity contribution >= 4 is 11.5 Å². The molecule has 2 fully saturated rings. The molecule has 2 aliphatic rings. The fourth-order valence-corrected chi connectivity index (χ4v) is 2.67. The Balaban J connectivity index is 1.98. The van der Waals surface area contributed by atoms with Gasteiger partial charge in [-0.1, -0.05) is 0 Å². The molecule has 1 saturated heterocycles. The molecule has 2 heterocycles. The second-order valence-corrected chi connectivity index (χ2v) is 5.52. The number of nitrogens with zero attached hydrogens (tertiary/aromatic N) is 4. The van der Waals surface area contributed by atoms with Gasteiger partial charge in [-0.3, -0.25) is 10.1 Å². The summed E-state index contributed by atoms with van der Waals surface area (Å²) in [4.78, 5) is 12.0. The van der Waals surface area contributed by atoms with Gasteiger partial charge < -0.3 is 4.90 Å². The maximum atomic E-state index is 13.7. The zero-order valence-corrected chi connectivity index (χ0v) is 11.0. The van der Waals surface area contributed by atoms with Crippen molar-refractivity contribution in [1.29, 1.82) is 0 Å². The Morgan fingerprint density at radius 2 is 2.15 bits per heavy atom. The average Bonchev–Trinajstić information content (AvgIpc) is 3.13. The van der Waals surface area contributed by atoms with E-state index in [4.69, 9.17) is 0 Å². The molecular formula is C12H16F2N4O2. The van der Waals surface area contributed by atoms with E-state index in [-0.39, 0.29) is 24.0 Å². The molecule has 1 aliphatic heterocycles. The Labute approximate surface area is 114 Å². The van der Waals surface area contributed by atoms with Crippen LogP contribution in [0.25, 0.3) is 0 Å². The molecule has 0 unspecified atom stereocenters. The number of anilines is 1. The van der Waals surface area contributed by atoms with Crippen molar-refractivity contribution in [1.82, 2.24) is 9.78 Å². The van der Waals surface area contributed by atoms with Gasteiger partial charge in [-0.05, 0) is 25.7 Å². The molecule has 0 spiro atoms. The fourth-order valence-electron chi connectivity index (χ4n) is 2.67. The summed E-state index contributed by atoms with van der Waals surface area (Å²) in [6.07, 6.45) is 3.87. The van der Waals surface area contributed by atoms with Crippen molar-refractivity contribution in [2.75, 3.05) is 18.0 Å². The number of rotatable bonds is 3. The van der Waals surface area contributed by atoms with Crippen LogP contribution in [-0.2, 0) is 0 Å². The number of hydrogen-bond donors (Lipinski definition) is 0. The minimum absolute atomic E-state index is 0.121. The van der Waals surface area contributed by atoms with E-state index >= 15 is 0 Å². The SMILES string of the molecule is O=[N+]([O-])c1cnn(C2CC2)c1N1CCCCC(F)(F)C1. The normalized spacial score (nSPS) is 22.6. The highest BCUT2D eigenvalue weighted by molar-refractivity contribution is 5.58. The molecule has 8 heteroatoms. The van der Waals surface area contributed by atoms with E-state index in [2.05, 4.69) is 5.10 Å². The van der Waals surface area contributed by atoms with Crippen LogP contribution >= 0.6 is 0 Å². The smallest absolute Gasteiger partial charge is 0.331 e. The molecule has 1 aliphatic carbocycles. The lowest BCUT2D eigenvalue weighted by Gasteiger charge is -2.25. The van der Waals surface area contributed by atoms with Crippen LogP contribution in [0.5, 0.6) is 0 Å². The molecule has 20 heavy (non-hydrogen) atoms. The Morgan fingerprint density at radius 1 is 1.40 bits per heavy atom. The maximum absolute atomic E-state index is 13.7. The predicted molar refractivity (Wildman–Crippen MR) is 68.2 cm³/mol. The maximum Gasteiger partial charge on any atom is 0.331 e. The van der Waals surface area contributed by atoms with E-state index in [0.717, 1.165) is 12.8 Å². The molecule has 3 rings (SSSR count).